The molecule has 0 N–H and O–H groups in total. The van der Waals surface area contributed by atoms with Crippen LogP contribution in [0.1, 0.15) is 39.0 Å². The van der Waals surface area contributed by atoms with Gasteiger partial charge >= 0.3 is 0 Å². The highest BCUT2D eigenvalue weighted by atomic mass is 16.1. The van der Waals surface area contributed by atoms with E-state index in [1.54, 1.807) is 6.08 Å². The van der Waals surface area contributed by atoms with Crippen molar-refractivity contribution < 1.29 is 4.79 Å². The topological polar surface area (TPSA) is 17.1 Å². The zero-order valence-corrected chi connectivity index (χ0v) is 9.54. The Morgan fingerprint density at radius 1 is 1.60 bits per heavy atom. The largest absolute Gasteiger partial charge is 0.299 e. The number of hydrogen-bond acceptors (Lipinski definition) is 1. The van der Waals surface area contributed by atoms with Crippen molar-refractivity contribution in [3.63, 3.8) is 0 Å². The lowest BCUT2D eigenvalue weighted by Crippen LogP contribution is -2.06. The Balaban J connectivity index is 2.58. The van der Waals surface area contributed by atoms with Crippen molar-refractivity contribution in [2.75, 3.05) is 0 Å². The molecule has 1 fully saturated rings. The summed E-state index contributed by atoms with van der Waals surface area (Å²) in [6.45, 7) is 5.82. The summed E-state index contributed by atoms with van der Waals surface area (Å²) in [7, 11) is 0. The number of ketones is 1. The van der Waals surface area contributed by atoms with E-state index < -0.39 is 0 Å². The predicted octanol–water partition coefficient (Wildman–Crippen LogP) is 3.82. The molecule has 1 aliphatic rings. The summed E-state index contributed by atoms with van der Waals surface area (Å²) < 4.78 is 0. The fourth-order valence-corrected chi connectivity index (χ4v) is 2.00. The molecule has 0 spiro atoms. The average Bonchev–Trinajstić information content (AvgIpc) is 2.61. The standard InChI is InChI=1S/C14H20O/c1-3-5-8-12(7-4-2)11-13-9-6-10-14(13)15/h4-5,7-8,13H,2-3,6,9-11H2,1H3/b8-5-,12-7+. The van der Waals surface area contributed by atoms with Gasteiger partial charge in [0.25, 0.3) is 0 Å². The molecular formula is C14H20O. The Bertz CT molecular complexity index is 284. The number of carbonyl (C=O) groups excluding carboxylic acids is 1. The molecule has 0 aromatic carbocycles. The molecule has 1 atom stereocenters. The molecule has 0 saturated heterocycles. The Morgan fingerprint density at radius 3 is 2.93 bits per heavy atom. The molecule has 15 heavy (non-hydrogen) atoms. The van der Waals surface area contributed by atoms with Crippen molar-refractivity contribution in [1.82, 2.24) is 0 Å². The maximum atomic E-state index is 11.5. The van der Waals surface area contributed by atoms with Gasteiger partial charge in [-0.2, -0.15) is 0 Å². The van der Waals surface area contributed by atoms with Crippen LogP contribution in [0, 0.1) is 5.92 Å². The van der Waals surface area contributed by atoms with Gasteiger partial charge in [-0.05, 0) is 31.3 Å². The molecule has 0 heterocycles. The lowest BCUT2D eigenvalue weighted by molar-refractivity contribution is -0.120. The molecule has 0 radical (unpaired) electrons. The van der Waals surface area contributed by atoms with E-state index in [4.69, 9.17) is 0 Å². The Kier molecular flexibility index (Phi) is 5.09. The molecule has 0 aliphatic heterocycles. The number of allylic oxidation sites excluding steroid dienone is 5. The van der Waals surface area contributed by atoms with Crippen molar-refractivity contribution in [3.8, 4) is 0 Å². The van der Waals surface area contributed by atoms with Gasteiger partial charge in [0.2, 0.25) is 0 Å². The fraction of sp³-hybridized carbons (Fsp3) is 0.500. The van der Waals surface area contributed by atoms with Crippen LogP contribution in [0.5, 0.6) is 0 Å². The summed E-state index contributed by atoms with van der Waals surface area (Å²) in [6.07, 6.45) is 12.9. The highest BCUT2D eigenvalue weighted by Gasteiger charge is 2.24. The van der Waals surface area contributed by atoms with Crippen molar-refractivity contribution >= 4 is 5.78 Å². The molecule has 1 nitrogen and oxygen atoms in total. The molecule has 0 aromatic heterocycles. The third-order valence-corrected chi connectivity index (χ3v) is 2.81. The fourth-order valence-electron chi connectivity index (χ4n) is 2.00. The SMILES string of the molecule is C=C/C=C(\C=C/CC)CC1CCCC1=O. The number of rotatable bonds is 5. The summed E-state index contributed by atoms with van der Waals surface area (Å²) in [6, 6.07) is 0. The number of hydrogen-bond donors (Lipinski definition) is 0. The van der Waals surface area contributed by atoms with Gasteiger partial charge in [-0.25, -0.2) is 0 Å². The molecule has 1 aliphatic carbocycles. The van der Waals surface area contributed by atoms with Crippen LogP contribution in [0.2, 0.25) is 0 Å². The summed E-state index contributed by atoms with van der Waals surface area (Å²) in [5.74, 6) is 0.701. The van der Waals surface area contributed by atoms with E-state index in [2.05, 4.69) is 25.7 Å². The zero-order valence-electron chi connectivity index (χ0n) is 9.54. The molecule has 82 valence electrons. The Morgan fingerprint density at radius 2 is 2.40 bits per heavy atom. The summed E-state index contributed by atoms with van der Waals surface area (Å²) in [4.78, 5) is 11.5. The molecule has 1 rings (SSSR count). The Labute approximate surface area is 92.6 Å². The monoisotopic (exact) mass is 204 g/mol. The van der Waals surface area contributed by atoms with Crippen LogP contribution in [-0.4, -0.2) is 5.78 Å². The Hall–Kier alpha value is -1.11. The van der Waals surface area contributed by atoms with Crippen LogP contribution >= 0.6 is 0 Å². The predicted molar refractivity (Wildman–Crippen MR) is 64.7 cm³/mol. The second-order valence-corrected chi connectivity index (χ2v) is 4.05. The van der Waals surface area contributed by atoms with Gasteiger partial charge in [0, 0.05) is 12.3 Å². The summed E-state index contributed by atoms with van der Waals surface area (Å²) in [5, 5.41) is 0. The molecule has 0 bridgehead atoms. The van der Waals surface area contributed by atoms with E-state index >= 15 is 0 Å². The van der Waals surface area contributed by atoms with E-state index in [0.29, 0.717) is 5.78 Å². The van der Waals surface area contributed by atoms with Crippen molar-refractivity contribution in [3.05, 3.63) is 36.5 Å². The first-order valence-corrected chi connectivity index (χ1v) is 5.78. The summed E-state index contributed by atoms with van der Waals surface area (Å²) in [5.41, 5.74) is 1.23. The van der Waals surface area contributed by atoms with Gasteiger partial charge < -0.3 is 0 Å². The number of Topliss-reactive ketones (excluding diaryl/α,β-unsaturated/α-hetero) is 1. The smallest absolute Gasteiger partial charge is 0.136 e. The van der Waals surface area contributed by atoms with E-state index in [1.807, 2.05) is 6.08 Å². The maximum Gasteiger partial charge on any atom is 0.136 e. The summed E-state index contributed by atoms with van der Waals surface area (Å²) >= 11 is 0. The van der Waals surface area contributed by atoms with E-state index in [-0.39, 0.29) is 5.92 Å². The van der Waals surface area contributed by atoms with Crippen LogP contribution in [-0.2, 0) is 4.79 Å². The van der Waals surface area contributed by atoms with Crippen LogP contribution in [0.15, 0.2) is 36.5 Å². The first kappa shape index (κ1) is 12.0. The first-order valence-electron chi connectivity index (χ1n) is 5.78. The molecule has 1 heteroatoms. The van der Waals surface area contributed by atoms with Crippen molar-refractivity contribution in [1.29, 1.82) is 0 Å². The van der Waals surface area contributed by atoms with Gasteiger partial charge in [-0.3, -0.25) is 4.79 Å². The average molecular weight is 204 g/mol. The molecule has 1 unspecified atom stereocenters. The lowest BCUT2D eigenvalue weighted by Gasteiger charge is -2.07. The van der Waals surface area contributed by atoms with Crippen LogP contribution in [0.25, 0.3) is 0 Å². The maximum absolute atomic E-state index is 11.5. The molecule has 1 saturated carbocycles. The third kappa shape index (κ3) is 3.86. The minimum Gasteiger partial charge on any atom is -0.299 e. The number of carbonyl (C=O) groups is 1. The molecular weight excluding hydrogens is 184 g/mol. The van der Waals surface area contributed by atoms with Gasteiger partial charge in [0.1, 0.15) is 5.78 Å². The van der Waals surface area contributed by atoms with Crippen molar-refractivity contribution in [2.24, 2.45) is 5.92 Å². The highest BCUT2D eigenvalue weighted by Crippen LogP contribution is 2.27. The molecule has 0 aromatic rings. The normalized spacial score (nSPS) is 22.6. The first-order chi connectivity index (χ1) is 7.27. The van der Waals surface area contributed by atoms with E-state index in [1.165, 1.54) is 5.57 Å². The second kappa shape index (κ2) is 6.39. The van der Waals surface area contributed by atoms with Crippen LogP contribution in [0.4, 0.5) is 0 Å². The van der Waals surface area contributed by atoms with Gasteiger partial charge in [-0.1, -0.05) is 37.8 Å². The van der Waals surface area contributed by atoms with Crippen LogP contribution < -0.4 is 0 Å². The second-order valence-electron chi connectivity index (χ2n) is 4.05. The minimum absolute atomic E-state index is 0.262. The highest BCUT2D eigenvalue weighted by molar-refractivity contribution is 5.83. The molecule has 0 amide bonds. The minimum atomic E-state index is 0.262. The quantitative estimate of drug-likeness (QED) is 0.622. The van der Waals surface area contributed by atoms with E-state index in [9.17, 15) is 4.79 Å². The van der Waals surface area contributed by atoms with Crippen LogP contribution in [0.3, 0.4) is 0 Å². The van der Waals surface area contributed by atoms with Gasteiger partial charge in [0.05, 0.1) is 0 Å². The lowest BCUT2D eigenvalue weighted by atomic mass is 9.96. The van der Waals surface area contributed by atoms with Gasteiger partial charge in [0.15, 0.2) is 0 Å². The third-order valence-electron chi connectivity index (χ3n) is 2.81. The van der Waals surface area contributed by atoms with Gasteiger partial charge in [-0.15, -0.1) is 0 Å². The van der Waals surface area contributed by atoms with Crippen molar-refractivity contribution in [2.45, 2.75) is 39.0 Å². The van der Waals surface area contributed by atoms with E-state index in [0.717, 1.165) is 32.1 Å². The zero-order chi connectivity index (χ0) is 11.1.